The van der Waals surface area contributed by atoms with Gasteiger partial charge in [-0.1, -0.05) is 20.3 Å². The van der Waals surface area contributed by atoms with Gasteiger partial charge in [0.25, 0.3) is 0 Å². The minimum absolute atomic E-state index is 0.676. The highest BCUT2D eigenvalue weighted by Gasteiger charge is 2.25. The first kappa shape index (κ1) is 13.9. The van der Waals surface area contributed by atoms with Crippen molar-refractivity contribution in [1.82, 2.24) is 10.2 Å². The van der Waals surface area contributed by atoms with E-state index in [9.17, 15) is 0 Å². The van der Waals surface area contributed by atoms with Crippen molar-refractivity contribution in [2.75, 3.05) is 32.8 Å². The van der Waals surface area contributed by atoms with Crippen molar-refractivity contribution in [2.45, 2.75) is 52.1 Å². The highest BCUT2D eigenvalue weighted by molar-refractivity contribution is 4.85. The molecule has 0 amide bonds. The third kappa shape index (κ3) is 4.40. The zero-order valence-electron chi connectivity index (χ0n) is 11.2. The summed E-state index contributed by atoms with van der Waals surface area (Å²) in [5.41, 5.74) is 0. The lowest BCUT2D eigenvalue weighted by molar-refractivity contribution is 0.0665. The van der Waals surface area contributed by atoms with Crippen molar-refractivity contribution in [3.63, 3.8) is 0 Å². The van der Waals surface area contributed by atoms with E-state index in [1.165, 1.54) is 25.8 Å². The van der Waals surface area contributed by atoms with Crippen LogP contribution in [0, 0.1) is 0 Å². The fraction of sp³-hybridized carbons (Fsp3) is 1.00. The van der Waals surface area contributed by atoms with Gasteiger partial charge in [0.2, 0.25) is 0 Å². The van der Waals surface area contributed by atoms with Gasteiger partial charge < -0.3 is 10.1 Å². The topological polar surface area (TPSA) is 24.5 Å². The van der Waals surface area contributed by atoms with Crippen LogP contribution in [0.15, 0.2) is 0 Å². The molecule has 1 aliphatic heterocycles. The maximum absolute atomic E-state index is 5.47. The average Bonchev–Trinajstić information content (AvgIpc) is 2.31. The Morgan fingerprint density at radius 1 is 1.31 bits per heavy atom. The molecule has 3 heteroatoms. The van der Waals surface area contributed by atoms with Crippen molar-refractivity contribution in [3.05, 3.63) is 0 Å². The molecule has 0 aromatic rings. The molecule has 0 aromatic heterocycles. The smallest absolute Gasteiger partial charge is 0.0593 e. The molecule has 1 rings (SSSR count). The molecular formula is C13H28N2O. The zero-order chi connectivity index (χ0) is 11.8. The Morgan fingerprint density at radius 3 is 2.75 bits per heavy atom. The van der Waals surface area contributed by atoms with E-state index in [2.05, 4.69) is 31.0 Å². The van der Waals surface area contributed by atoms with Crippen LogP contribution in [0.25, 0.3) is 0 Å². The normalized spacial score (nSPS) is 27.2. The molecule has 1 N–H and O–H groups in total. The van der Waals surface area contributed by atoms with Gasteiger partial charge in [-0.05, 0) is 19.8 Å². The van der Waals surface area contributed by atoms with E-state index in [1.807, 2.05) is 0 Å². The van der Waals surface area contributed by atoms with Gasteiger partial charge in [0.05, 0.1) is 6.61 Å². The molecule has 3 nitrogen and oxygen atoms in total. The molecule has 1 fully saturated rings. The van der Waals surface area contributed by atoms with Crippen LogP contribution in [0.3, 0.4) is 0 Å². The summed E-state index contributed by atoms with van der Waals surface area (Å²) in [4.78, 5) is 2.61. The first-order chi connectivity index (χ1) is 7.81. The maximum Gasteiger partial charge on any atom is 0.0593 e. The van der Waals surface area contributed by atoms with Gasteiger partial charge in [-0.15, -0.1) is 0 Å². The Kier molecular flexibility index (Phi) is 7.01. The fourth-order valence-corrected chi connectivity index (χ4v) is 2.42. The van der Waals surface area contributed by atoms with Gasteiger partial charge in [-0.25, -0.2) is 0 Å². The maximum atomic E-state index is 5.47. The Morgan fingerprint density at radius 2 is 2.12 bits per heavy atom. The number of ether oxygens (including phenoxy) is 1. The molecule has 0 bridgehead atoms. The second kappa shape index (κ2) is 8.04. The van der Waals surface area contributed by atoms with Crippen molar-refractivity contribution < 1.29 is 4.74 Å². The summed E-state index contributed by atoms with van der Waals surface area (Å²) in [6.07, 6.45) is 3.80. The highest BCUT2D eigenvalue weighted by atomic mass is 16.5. The van der Waals surface area contributed by atoms with E-state index in [4.69, 9.17) is 4.74 Å². The van der Waals surface area contributed by atoms with Crippen LogP contribution < -0.4 is 5.32 Å². The summed E-state index contributed by atoms with van der Waals surface area (Å²) in [7, 11) is 0. The number of nitrogens with one attached hydrogen (secondary N) is 1. The number of hydrogen-bond donors (Lipinski definition) is 1. The number of piperazine rings is 1. The molecular weight excluding hydrogens is 200 g/mol. The third-order valence-electron chi connectivity index (χ3n) is 3.46. The molecule has 16 heavy (non-hydrogen) atoms. The first-order valence-electron chi connectivity index (χ1n) is 6.86. The van der Waals surface area contributed by atoms with Crippen molar-refractivity contribution in [3.8, 4) is 0 Å². The van der Waals surface area contributed by atoms with Crippen LogP contribution >= 0.6 is 0 Å². The van der Waals surface area contributed by atoms with Gasteiger partial charge in [-0.2, -0.15) is 0 Å². The van der Waals surface area contributed by atoms with Crippen molar-refractivity contribution in [1.29, 1.82) is 0 Å². The molecule has 0 aromatic carbocycles. The van der Waals surface area contributed by atoms with Crippen molar-refractivity contribution >= 4 is 0 Å². The average molecular weight is 228 g/mol. The zero-order valence-corrected chi connectivity index (χ0v) is 11.2. The van der Waals surface area contributed by atoms with Gasteiger partial charge in [-0.3, -0.25) is 4.90 Å². The van der Waals surface area contributed by atoms with Crippen molar-refractivity contribution in [2.24, 2.45) is 0 Å². The molecule has 1 heterocycles. The van der Waals surface area contributed by atoms with E-state index in [1.54, 1.807) is 0 Å². The van der Waals surface area contributed by atoms with E-state index >= 15 is 0 Å². The monoisotopic (exact) mass is 228 g/mol. The van der Waals surface area contributed by atoms with Crippen LogP contribution in [0.1, 0.15) is 40.0 Å². The van der Waals surface area contributed by atoms with Gasteiger partial charge >= 0.3 is 0 Å². The van der Waals surface area contributed by atoms with Crippen LogP contribution in [0.5, 0.6) is 0 Å². The first-order valence-corrected chi connectivity index (χ1v) is 6.86. The predicted molar refractivity (Wildman–Crippen MR) is 68.8 cm³/mol. The molecule has 2 atom stereocenters. The number of rotatable bonds is 7. The molecule has 96 valence electrons. The fourth-order valence-electron chi connectivity index (χ4n) is 2.42. The summed E-state index contributed by atoms with van der Waals surface area (Å²) in [6.45, 7) is 11.7. The molecule has 1 aliphatic rings. The molecule has 0 saturated carbocycles. The summed E-state index contributed by atoms with van der Waals surface area (Å²) >= 11 is 0. The molecule has 2 unspecified atom stereocenters. The largest absolute Gasteiger partial charge is 0.380 e. The van der Waals surface area contributed by atoms with E-state index in [-0.39, 0.29) is 0 Å². The molecule has 0 spiro atoms. The minimum atomic E-state index is 0.676. The van der Waals surface area contributed by atoms with Crippen LogP contribution in [-0.2, 0) is 4.74 Å². The Hall–Kier alpha value is -0.120. The van der Waals surface area contributed by atoms with E-state index in [0.29, 0.717) is 12.1 Å². The van der Waals surface area contributed by atoms with Crippen LogP contribution in [-0.4, -0.2) is 49.8 Å². The van der Waals surface area contributed by atoms with Gasteiger partial charge in [0.15, 0.2) is 0 Å². The lowest BCUT2D eigenvalue weighted by Crippen LogP contribution is -2.56. The van der Waals surface area contributed by atoms with Crippen LogP contribution in [0.2, 0.25) is 0 Å². The highest BCUT2D eigenvalue weighted by Crippen LogP contribution is 2.13. The quantitative estimate of drug-likeness (QED) is 0.673. The molecule has 1 saturated heterocycles. The summed E-state index contributed by atoms with van der Waals surface area (Å²) in [5, 5.41) is 3.64. The summed E-state index contributed by atoms with van der Waals surface area (Å²) in [5.74, 6) is 0. The van der Waals surface area contributed by atoms with E-state index in [0.717, 1.165) is 26.3 Å². The Labute approximate surface area is 101 Å². The minimum Gasteiger partial charge on any atom is -0.380 e. The molecule has 0 aliphatic carbocycles. The summed E-state index contributed by atoms with van der Waals surface area (Å²) in [6, 6.07) is 1.39. The second-order valence-corrected chi connectivity index (χ2v) is 4.65. The summed E-state index contributed by atoms with van der Waals surface area (Å²) < 4.78 is 5.47. The Bertz CT molecular complexity index is 175. The van der Waals surface area contributed by atoms with Gasteiger partial charge in [0, 0.05) is 38.3 Å². The van der Waals surface area contributed by atoms with E-state index < -0.39 is 0 Å². The lowest BCUT2D eigenvalue weighted by atomic mass is 10.0. The number of hydrogen-bond acceptors (Lipinski definition) is 3. The predicted octanol–water partition coefficient (Wildman–Crippen LogP) is 1.88. The second-order valence-electron chi connectivity index (χ2n) is 4.65. The SMILES string of the molecule is CCCC1CNC(CC)CN1CCOCC. The standard InChI is InChI=1S/C13H28N2O/c1-4-7-13-10-14-12(5-2)11-15(13)8-9-16-6-3/h12-14H,4-11H2,1-3H3. The number of nitrogens with zero attached hydrogens (tertiary/aromatic N) is 1. The van der Waals surface area contributed by atoms with Crippen LogP contribution in [0.4, 0.5) is 0 Å². The third-order valence-corrected chi connectivity index (χ3v) is 3.46. The lowest BCUT2D eigenvalue weighted by Gasteiger charge is -2.40. The molecule has 0 radical (unpaired) electrons. The van der Waals surface area contributed by atoms with Gasteiger partial charge in [0.1, 0.15) is 0 Å². The Balaban J connectivity index is 2.37.